The highest BCUT2D eigenvalue weighted by molar-refractivity contribution is 6.32. The van der Waals surface area contributed by atoms with E-state index in [4.69, 9.17) is 21.1 Å². The highest BCUT2D eigenvalue weighted by Gasteiger charge is 2.16. The molecular formula is C22H28ClNO3. The summed E-state index contributed by atoms with van der Waals surface area (Å²) in [5.74, 6) is 1.38. The first-order valence-corrected chi connectivity index (χ1v) is 9.71. The second-order valence-electron chi connectivity index (χ2n) is 6.79. The molecule has 4 nitrogen and oxygen atoms in total. The summed E-state index contributed by atoms with van der Waals surface area (Å²) in [7, 11) is 1.57. The van der Waals surface area contributed by atoms with Gasteiger partial charge in [0.1, 0.15) is 0 Å². The maximum Gasteiger partial charge on any atom is 0.255 e. The fourth-order valence-electron chi connectivity index (χ4n) is 2.84. The molecule has 0 atom stereocenters. The van der Waals surface area contributed by atoms with Crippen molar-refractivity contribution in [1.82, 2.24) is 0 Å². The Hall–Kier alpha value is -2.20. The summed E-state index contributed by atoms with van der Waals surface area (Å²) in [5, 5.41) is 3.71. The molecule has 5 heteroatoms. The minimum Gasteiger partial charge on any atom is -0.493 e. The van der Waals surface area contributed by atoms with E-state index in [1.165, 1.54) is 0 Å². The number of ether oxygens (including phenoxy) is 2. The van der Waals surface area contributed by atoms with Crippen LogP contribution in [0.4, 0.5) is 5.69 Å². The van der Waals surface area contributed by atoms with Crippen molar-refractivity contribution < 1.29 is 14.3 Å². The van der Waals surface area contributed by atoms with Gasteiger partial charge in [0.15, 0.2) is 11.5 Å². The third-order valence-electron chi connectivity index (χ3n) is 4.31. The van der Waals surface area contributed by atoms with Gasteiger partial charge < -0.3 is 14.8 Å². The van der Waals surface area contributed by atoms with Gasteiger partial charge >= 0.3 is 0 Å². The number of methoxy groups -OCH3 is 1. The number of amides is 1. The van der Waals surface area contributed by atoms with Gasteiger partial charge in [0.05, 0.1) is 13.7 Å². The van der Waals surface area contributed by atoms with E-state index in [9.17, 15) is 4.79 Å². The van der Waals surface area contributed by atoms with Crippen LogP contribution >= 0.6 is 11.6 Å². The number of hydrogen-bond donors (Lipinski definition) is 1. The number of halogens is 1. The van der Waals surface area contributed by atoms with Gasteiger partial charge in [-0.05, 0) is 54.2 Å². The molecule has 0 saturated carbocycles. The van der Waals surface area contributed by atoms with Gasteiger partial charge in [0.25, 0.3) is 5.91 Å². The predicted octanol–water partition coefficient (Wildman–Crippen LogP) is 5.76. The predicted molar refractivity (Wildman–Crippen MR) is 111 cm³/mol. The van der Waals surface area contributed by atoms with Gasteiger partial charge in [-0.1, -0.05) is 45.4 Å². The van der Waals surface area contributed by atoms with Gasteiger partial charge in [-0.3, -0.25) is 4.79 Å². The average Bonchev–Trinajstić information content (AvgIpc) is 2.66. The zero-order valence-corrected chi connectivity index (χ0v) is 17.4. The Morgan fingerprint density at radius 1 is 1.11 bits per heavy atom. The SMILES string of the molecule is CCc1ccc(Cl)c(CC)c1NC(=O)c1ccc(OCC(C)C)c(OC)c1. The first-order valence-electron chi connectivity index (χ1n) is 9.33. The van der Waals surface area contributed by atoms with Crippen LogP contribution in [-0.2, 0) is 12.8 Å². The lowest BCUT2D eigenvalue weighted by atomic mass is 10.0. The standard InChI is InChI=1S/C22H28ClNO3/c1-6-15-8-10-18(23)17(7-2)21(15)24-22(25)16-9-11-19(20(12-16)26-5)27-13-14(3)4/h8-12,14H,6-7,13H2,1-5H3,(H,24,25). The van der Waals surface area contributed by atoms with E-state index in [0.717, 1.165) is 29.7 Å². The lowest BCUT2D eigenvalue weighted by Gasteiger charge is -2.17. The molecule has 0 bridgehead atoms. The smallest absolute Gasteiger partial charge is 0.255 e. The second-order valence-corrected chi connectivity index (χ2v) is 7.20. The molecule has 0 fully saturated rings. The van der Waals surface area contributed by atoms with Crippen molar-refractivity contribution in [2.75, 3.05) is 19.0 Å². The topological polar surface area (TPSA) is 47.6 Å². The lowest BCUT2D eigenvalue weighted by molar-refractivity contribution is 0.102. The van der Waals surface area contributed by atoms with Gasteiger partial charge in [0.2, 0.25) is 0 Å². The third kappa shape index (κ3) is 5.16. The van der Waals surface area contributed by atoms with Crippen LogP contribution in [0.2, 0.25) is 5.02 Å². The van der Waals surface area contributed by atoms with E-state index in [-0.39, 0.29) is 5.91 Å². The Kier molecular flexibility index (Phi) is 7.55. The van der Waals surface area contributed by atoms with E-state index in [1.807, 2.05) is 19.1 Å². The molecule has 27 heavy (non-hydrogen) atoms. The zero-order valence-electron chi connectivity index (χ0n) is 16.7. The molecule has 146 valence electrons. The van der Waals surface area contributed by atoms with Crippen molar-refractivity contribution >= 4 is 23.2 Å². The van der Waals surface area contributed by atoms with Crippen molar-refractivity contribution in [3.63, 3.8) is 0 Å². The van der Waals surface area contributed by atoms with Crippen molar-refractivity contribution in [2.45, 2.75) is 40.5 Å². The number of benzene rings is 2. The molecule has 2 aromatic carbocycles. The van der Waals surface area contributed by atoms with Crippen LogP contribution < -0.4 is 14.8 Å². The molecular weight excluding hydrogens is 362 g/mol. The minimum absolute atomic E-state index is 0.199. The summed E-state index contributed by atoms with van der Waals surface area (Å²) in [6, 6.07) is 9.07. The fourth-order valence-corrected chi connectivity index (χ4v) is 3.13. The number of hydrogen-bond acceptors (Lipinski definition) is 3. The largest absolute Gasteiger partial charge is 0.493 e. The number of carbonyl (C=O) groups excluding carboxylic acids is 1. The average molecular weight is 390 g/mol. The summed E-state index contributed by atoms with van der Waals surface area (Å²) in [4.78, 5) is 12.9. The number of nitrogens with one attached hydrogen (secondary N) is 1. The Morgan fingerprint density at radius 3 is 2.44 bits per heavy atom. The van der Waals surface area contributed by atoms with Crippen molar-refractivity contribution in [1.29, 1.82) is 0 Å². The number of carbonyl (C=O) groups is 1. The van der Waals surface area contributed by atoms with Gasteiger partial charge in [-0.25, -0.2) is 0 Å². The summed E-state index contributed by atoms with van der Waals surface area (Å²) in [5.41, 5.74) is 3.33. The molecule has 2 aromatic rings. The first kappa shape index (κ1) is 21.1. The summed E-state index contributed by atoms with van der Waals surface area (Å²) in [6.07, 6.45) is 1.55. The molecule has 0 spiro atoms. The molecule has 2 rings (SSSR count). The maximum atomic E-state index is 12.9. The Labute approximate surface area is 166 Å². The van der Waals surface area contributed by atoms with Gasteiger partial charge in [-0.15, -0.1) is 0 Å². The molecule has 0 unspecified atom stereocenters. The normalized spacial score (nSPS) is 10.8. The number of aryl methyl sites for hydroxylation is 1. The quantitative estimate of drug-likeness (QED) is 0.624. The van der Waals surface area contributed by atoms with Gasteiger partial charge in [0, 0.05) is 16.3 Å². The summed E-state index contributed by atoms with van der Waals surface area (Å²) < 4.78 is 11.2. The van der Waals surface area contributed by atoms with Crippen LogP contribution in [0.1, 0.15) is 49.2 Å². The van der Waals surface area contributed by atoms with Crippen LogP contribution in [-0.4, -0.2) is 19.6 Å². The minimum atomic E-state index is -0.199. The molecule has 0 aliphatic carbocycles. The van der Waals surface area contributed by atoms with Gasteiger partial charge in [-0.2, -0.15) is 0 Å². The van der Waals surface area contributed by atoms with E-state index < -0.39 is 0 Å². The van der Waals surface area contributed by atoms with Crippen LogP contribution in [0.15, 0.2) is 30.3 Å². The molecule has 0 aliphatic rings. The molecule has 0 heterocycles. The maximum absolute atomic E-state index is 12.9. The number of rotatable bonds is 8. The van der Waals surface area contributed by atoms with Crippen LogP contribution in [0.3, 0.4) is 0 Å². The second kappa shape index (κ2) is 9.65. The molecule has 0 aromatic heterocycles. The number of anilines is 1. The van der Waals surface area contributed by atoms with Crippen LogP contribution in [0, 0.1) is 5.92 Å². The third-order valence-corrected chi connectivity index (χ3v) is 4.67. The van der Waals surface area contributed by atoms with Crippen LogP contribution in [0.5, 0.6) is 11.5 Å². The van der Waals surface area contributed by atoms with E-state index in [0.29, 0.717) is 34.6 Å². The lowest BCUT2D eigenvalue weighted by Crippen LogP contribution is -2.15. The van der Waals surface area contributed by atoms with E-state index >= 15 is 0 Å². The van der Waals surface area contributed by atoms with Crippen molar-refractivity contribution in [3.05, 3.63) is 52.0 Å². The van der Waals surface area contributed by atoms with Crippen molar-refractivity contribution in [2.24, 2.45) is 5.92 Å². The van der Waals surface area contributed by atoms with E-state index in [2.05, 4.69) is 26.1 Å². The highest BCUT2D eigenvalue weighted by atomic mass is 35.5. The molecule has 0 radical (unpaired) electrons. The zero-order chi connectivity index (χ0) is 20.0. The Bertz CT molecular complexity index is 802. The molecule has 1 amide bonds. The monoisotopic (exact) mass is 389 g/mol. The molecule has 0 saturated heterocycles. The Balaban J connectivity index is 2.30. The van der Waals surface area contributed by atoms with E-state index in [1.54, 1.807) is 25.3 Å². The first-order chi connectivity index (χ1) is 12.9. The molecule has 0 aliphatic heterocycles. The summed E-state index contributed by atoms with van der Waals surface area (Å²) >= 11 is 6.33. The molecule has 1 N–H and O–H groups in total. The summed E-state index contributed by atoms with van der Waals surface area (Å²) in [6.45, 7) is 8.83. The van der Waals surface area contributed by atoms with Crippen molar-refractivity contribution in [3.8, 4) is 11.5 Å². The Morgan fingerprint density at radius 2 is 1.85 bits per heavy atom. The fraction of sp³-hybridized carbons (Fsp3) is 0.409. The van der Waals surface area contributed by atoms with Crippen LogP contribution in [0.25, 0.3) is 0 Å². The highest BCUT2D eigenvalue weighted by Crippen LogP contribution is 2.32.